The second kappa shape index (κ2) is 6.55. The molecule has 2 aliphatic rings. The molecule has 4 heteroatoms. The van der Waals surface area contributed by atoms with Gasteiger partial charge in [0.25, 0.3) is 0 Å². The van der Waals surface area contributed by atoms with Crippen LogP contribution in [0.25, 0.3) is 0 Å². The van der Waals surface area contributed by atoms with Gasteiger partial charge in [0, 0.05) is 25.2 Å². The zero-order chi connectivity index (χ0) is 13.8. The third-order valence-corrected chi connectivity index (χ3v) is 4.15. The molecular weight excluding hydrogens is 255 g/mol. The fraction of sp³-hybridized carbons (Fsp3) is 0.625. The average Bonchev–Trinajstić information content (AvgIpc) is 3.18. The molecule has 1 aromatic rings. The van der Waals surface area contributed by atoms with Crippen LogP contribution in [0.15, 0.2) is 24.3 Å². The zero-order valence-electron chi connectivity index (χ0n) is 11.9. The molecule has 1 aliphatic carbocycles. The zero-order valence-corrected chi connectivity index (χ0v) is 11.9. The largest absolute Gasteiger partial charge is 0.489 e. The Balaban J connectivity index is 1.46. The SMILES string of the molecule is Fc1ccccc1OCCN(CC1CCCN1)C1CC1. The molecule has 20 heavy (non-hydrogen) atoms. The Bertz CT molecular complexity index is 430. The number of hydrogen-bond acceptors (Lipinski definition) is 3. The van der Waals surface area contributed by atoms with E-state index in [-0.39, 0.29) is 5.82 Å². The summed E-state index contributed by atoms with van der Waals surface area (Å²) in [4.78, 5) is 2.50. The topological polar surface area (TPSA) is 24.5 Å². The Morgan fingerprint density at radius 2 is 2.10 bits per heavy atom. The van der Waals surface area contributed by atoms with Crippen molar-refractivity contribution >= 4 is 0 Å². The molecular formula is C16H23FN2O. The van der Waals surface area contributed by atoms with Crippen LogP contribution in [0.5, 0.6) is 5.75 Å². The number of nitrogens with one attached hydrogen (secondary N) is 1. The molecule has 1 N–H and O–H groups in total. The monoisotopic (exact) mass is 278 g/mol. The van der Waals surface area contributed by atoms with E-state index in [1.54, 1.807) is 18.2 Å². The van der Waals surface area contributed by atoms with Crippen molar-refractivity contribution in [1.82, 2.24) is 10.2 Å². The quantitative estimate of drug-likeness (QED) is 0.829. The maximum absolute atomic E-state index is 13.5. The molecule has 1 atom stereocenters. The van der Waals surface area contributed by atoms with E-state index < -0.39 is 0 Å². The minimum atomic E-state index is -0.275. The highest BCUT2D eigenvalue weighted by Gasteiger charge is 2.31. The molecule has 3 nitrogen and oxygen atoms in total. The lowest BCUT2D eigenvalue weighted by Gasteiger charge is -2.25. The van der Waals surface area contributed by atoms with Crippen molar-refractivity contribution in [1.29, 1.82) is 0 Å². The molecule has 1 aliphatic heterocycles. The third-order valence-electron chi connectivity index (χ3n) is 4.15. The van der Waals surface area contributed by atoms with E-state index in [0.717, 1.165) is 25.7 Å². The van der Waals surface area contributed by atoms with Crippen LogP contribution in [-0.4, -0.2) is 43.2 Å². The van der Waals surface area contributed by atoms with E-state index >= 15 is 0 Å². The highest BCUT2D eigenvalue weighted by molar-refractivity contribution is 5.23. The molecule has 1 aromatic carbocycles. The second-order valence-corrected chi connectivity index (χ2v) is 5.80. The van der Waals surface area contributed by atoms with Crippen LogP contribution in [0.3, 0.4) is 0 Å². The molecule has 0 spiro atoms. The fourth-order valence-electron chi connectivity index (χ4n) is 2.89. The fourth-order valence-corrected chi connectivity index (χ4v) is 2.89. The summed E-state index contributed by atoms with van der Waals surface area (Å²) in [7, 11) is 0. The average molecular weight is 278 g/mol. The van der Waals surface area contributed by atoms with Crippen LogP contribution >= 0.6 is 0 Å². The van der Waals surface area contributed by atoms with Gasteiger partial charge in [0.15, 0.2) is 11.6 Å². The predicted octanol–water partition coefficient (Wildman–Crippen LogP) is 2.42. The minimum Gasteiger partial charge on any atom is -0.489 e. The minimum absolute atomic E-state index is 0.275. The number of rotatable bonds is 7. The Hall–Kier alpha value is -1.13. The van der Waals surface area contributed by atoms with Gasteiger partial charge in [0.1, 0.15) is 6.61 Å². The van der Waals surface area contributed by atoms with Gasteiger partial charge in [-0.05, 0) is 44.4 Å². The summed E-state index contributed by atoms with van der Waals surface area (Å²) in [5.41, 5.74) is 0. The molecule has 3 rings (SSSR count). The first-order valence-electron chi connectivity index (χ1n) is 7.68. The number of halogens is 1. The highest BCUT2D eigenvalue weighted by atomic mass is 19.1. The first-order valence-corrected chi connectivity index (χ1v) is 7.68. The summed E-state index contributed by atoms with van der Waals surface area (Å²) in [5, 5.41) is 3.54. The smallest absolute Gasteiger partial charge is 0.165 e. The van der Waals surface area contributed by atoms with E-state index in [1.807, 2.05) is 0 Å². The predicted molar refractivity (Wildman–Crippen MR) is 77.5 cm³/mol. The lowest BCUT2D eigenvalue weighted by atomic mass is 10.2. The van der Waals surface area contributed by atoms with Crippen molar-refractivity contribution in [3.05, 3.63) is 30.1 Å². The molecule has 1 saturated carbocycles. The molecule has 0 aromatic heterocycles. The van der Waals surface area contributed by atoms with Crippen molar-refractivity contribution in [3.63, 3.8) is 0 Å². The van der Waals surface area contributed by atoms with E-state index in [0.29, 0.717) is 18.4 Å². The van der Waals surface area contributed by atoms with Gasteiger partial charge in [-0.1, -0.05) is 12.1 Å². The summed E-state index contributed by atoms with van der Waals surface area (Å²) in [6.45, 7) is 3.70. The molecule has 0 radical (unpaired) electrons. The van der Waals surface area contributed by atoms with E-state index in [9.17, 15) is 4.39 Å². The van der Waals surface area contributed by atoms with E-state index in [4.69, 9.17) is 4.74 Å². The lowest BCUT2D eigenvalue weighted by Crippen LogP contribution is -2.40. The van der Waals surface area contributed by atoms with Crippen LogP contribution in [0.2, 0.25) is 0 Å². The highest BCUT2D eigenvalue weighted by Crippen LogP contribution is 2.27. The second-order valence-electron chi connectivity index (χ2n) is 5.80. The van der Waals surface area contributed by atoms with Crippen molar-refractivity contribution < 1.29 is 9.13 Å². The number of nitrogens with zero attached hydrogens (tertiary/aromatic N) is 1. The van der Waals surface area contributed by atoms with E-state index in [1.165, 1.54) is 31.7 Å². The summed E-state index contributed by atoms with van der Waals surface area (Å²) in [6, 6.07) is 7.97. The van der Waals surface area contributed by atoms with Gasteiger partial charge >= 0.3 is 0 Å². The number of hydrogen-bond donors (Lipinski definition) is 1. The van der Waals surface area contributed by atoms with Crippen LogP contribution in [0, 0.1) is 5.82 Å². The van der Waals surface area contributed by atoms with Gasteiger partial charge in [0.2, 0.25) is 0 Å². The Morgan fingerprint density at radius 3 is 2.80 bits per heavy atom. The number of benzene rings is 1. The van der Waals surface area contributed by atoms with Gasteiger partial charge in [-0.3, -0.25) is 4.90 Å². The van der Waals surface area contributed by atoms with Gasteiger partial charge < -0.3 is 10.1 Å². The third kappa shape index (κ3) is 3.70. The summed E-state index contributed by atoms with van der Waals surface area (Å²) in [6.07, 6.45) is 5.16. The standard InChI is InChI=1S/C16H23FN2O/c17-15-5-1-2-6-16(15)20-11-10-19(14-7-8-14)12-13-4-3-9-18-13/h1-2,5-6,13-14,18H,3-4,7-12H2. The van der Waals surface area contributed by atoms with E-state index in [2.05, 4.69) is 10.2 Å². The summed E-state index contributed by atoms with van der Waals surface area (Å²) >= 11 is 0. The van der Waals surface area contributed by atoms with Gasteiger partial charge in [-0.25, -0.2) is 4.39 Å². The normalized spacial score (nSPS) is 22.4. The van der Waals surface area contributed by atoms with Gasteiger partial charge in [0.05, 0.1) is 0 Å². The molecule has 110 valence electrons. The van der Waals surface area contributed by atoms with Crippen LogP contribution in [-0.2, 0) is 0 Å². The van der Waals surface area contributed by atoms with Crippen LogP contribution in [0.4, 0.5) is 4.39 Å². The van der Waals surface area contributed by atoms with Crippen molar-refractivity contribution in [3.8, 4) is 5.75 Å². The van der Waals surface area contributed by atoms with Crippen LogP contribution in [0.1, 0.15) is 25.7 Å². The Morgan fingerprint density at radius 1 is 1.25 bits per heavy atom. The van der Waals surface area contributed by atoms with Gasteiger partial charge in [-0.2, -0.15) is 0 Å². The van der Waals surface area contributed by atoms with Gasteiger partial charge in [-0.15, -0.1) is 0 Å². The molecule has 0 bridgehead atoms. The summed E-state index contributed by atoms with van der Waals surface area (Å²) in [5.74, 6) is 0.0881. The molecule has 1 unspecified atom stereocenters. The number of ether oxygens (including phenoxy) is 1. The van der Waals surface area contributed by atoms with Crippen molar-refractivity contribution in [2.75, 3.05) is 26.2 Å². The first-order chi connectivity index (χ1) is 9.83. The maximum atomic E-state index is 13.5. The molecule has 1 heterocycles. The maximum Gasteiger partial charge on any atom is 0.165 e. The Kier molecular flexibility index (Phi) is 4.53. The lowest BCUT2D eigenvalue weighted by molar-refractivity contribution is 0.186. The molecule has 0 amide bonds. The van der Waals surface area contributed by atoms with Crippen molar-refractivity contribution in [2.24, 2.45) is 0 Å². The molecule has 2 fully saturated rings. The molecule has 1 saturated heterocycles. The Labute approximate surface area is 120 Å². The van der Waals surface area contributed by atoms with Crippen LogP contribution < -0.4 is 10.1 Å². The van der Waals surface area contributed by atoms with Crippen molar-refractivity contribution in [2.45, 2.75) is 37.8 Å². The number of para-hydroxylation sites is 1. The summed E-state index contributed by atoms with van der Waals surface area (Å²) < 4.78 is 19.0. The first kappa shape index (κ1) is 13.8.